The zero-order valence-electron chi connectivity index (χ0n) is 14.3. The second-order valence-electron chi connectivity index (χ2n) is 6.97. The van der Waals surface area contributed by atoms with Crippen LogP contribution in [-0.2, 0) is 23.8 Å². The summed E-state index contributed by atoms with van der Waals surface area (Å²) in [7, 11) is 1.67. The molecule has 0 unspecified atom stereocenters. The number of fused-ring (bicyclic) bond motifs is 2. The van der Waals surface area contributed by atoms with E-state index in [-0.39, 0.29) is 41.6 Å². The maximum atomic E-state index is 12.0. The molecule has 3 rings (SSSR count). The highest BCUT2D eigenvalue weighted by Gasteiger charge is 2.56. The lowest BCUT2D eigenvalue weighted by Crippen LogP contribution is -2.53. The van der Waals surface area contributed by atoms with E-state index < -0.39 is 0 Å². The molecule has 0 radical (unpaired) electrons. The molecule has 0 aromatic heterocycles. The Morgan fingerprint density at radius 3 is 2.74 bits per heavy atom. The van der Waals surface area contributed by atoms with Gasteiger partial charge in [-0.25, -0.2) is 4.79 Å². The van der Waals surface area contributed by atoms with E-state index in [0.717, 1.165) is 18.4 Å². The van der Waals surface area contributed by atoms with Gasteiger partial charge in [0.05, 0.1) is 6.10 Å². The highest BCUT2D eigenvalue weighted by Crippen LogP contribution is 2.55. The molecule has 0 spiro atoms. The van der Waals surface area contributed by atoms with Gasteiger partial charge < -0.3 is 14.2 Å². The predicted molar refractivity (Wildman–Crippen MR) is 83.5 cm³/mol. The molecule has 1 fully saturated rings. The fourth-order valence-electron chi connectivity index (χ4n) is 4.49. The van der Waals surface area contributed by atoms with E-state index in [4.69, 9.17) is 14.2 Å². The van der Waals surface area contributed by atoms with E-state index in [1.54, 1.807) is 14.0 Å². The van der Waals surface area contributed by atoms with E-state index in [2.05, 4.69) is 19.9 Å². The van der Waals surface area contributed by atoms with E-state index in [1.807, 2.05) is 0 Å². The van der Waals surface area contributed by atoms with E-state index >= 15 is 0 Å². The quantitative estimate of drug-likeness (QED) is 0.578. The summed E-state index contributed by atoms with van der Waals surface area (Å²) < 4.78 is 16.9. The summed E-state index contributed by atoms with van der Waals surface area (Å²) in [6.07, 6.45) is 2.99. The van der Waals surface area contributed by atoms with Crippen LogP contribution < -0.4 is 0 Å². The van der Waals surface area contributed by atoms with Gasteiger partial charge >= 0.3 is 11.9 Å². The summed E-state index contributed by atoms with van der Waals surface area (Å²) >= 11 is 0. The zero-order valence-corrected chi connectivity index (χ0v) is 14.3. The van der Waals surface area contributed by atoms with Crippen molar-refractivity contribution in [2.24, 2.45) is 11.3 Å². The Labute approximate surface area is 136 Å². The average Bonchev–Trinajstić information content (AvgIpc) is 2.76. The molecule has 0 N–H and O–H groups in total. The molecule has 1 saturated carbocycles. The lowest BCUT2D eigenvalue weighted by atomic mass is 9.56. The van der Waals surface area contributed by atoms with Gasteiger partial charge in [0.1, 0.15) is 12.2 Å². The zero-order chi connectivity index (χ0) is 16.9. The Morgan fingerprint density at radius 2 is 2.13 bits per heavy atom. The lowest BCUT2D eigenvalue weighted by Gasteiger charge is -2.52. The number of methoxy groups -OCH3 is 1. The van der Waals surface area contributed by atoms with Gasteiger partial charge in [0.2, 0.25) is 0 Å². The molecule has 0 amide bonds. The van der Waals surface area contributed by atoms with Gasteiger partial charge in [0.15, 0.2) is 0 Å². The minimum atomic E-state index is -0.312. The molecule has 2 aliphatic carbocycles. The van der Waals surface area contributed by atoms with Gasteiger partial charge in [0.25, 0.3) is 0 Å². The Kier molecular flexibility index (Phi) is 3.87. The van der Waals surface area contributed by atoms with Gasteiger partial charge in [-0.2, -0.15) is 0 Å². The molecule has 23 heavy (non-hydrogen) atoms. The van der Waals surface area contributed by atoms with Gasteiger partial charge in [0, 0.05) is 36.5 Å². The summed E-state index contributed by atoms with van der Waals surface area (Å²) in [5.41, 5.74) is 2.48. The third kappa shape index (κ3) is 2.24. The first kappa shape index (κ1) is 16.2. The smallest absolute Gasteiger partial charge is 0.334 e. The Hall–Kier alpha value is -1.62. The standard InChI is InChI=1S/C18H24O5/c1-9-15-14(23-17(9)20)8-12-6-7-13(22-11(3)19)10(2)18(12,4)16(15)21-5/h8,10,13-14,16H,6-7H2,1-5H3/t10-,13-,14+,16+,18+/m0/s1. The van der Waals surface area contributed by atoms with E-state index in [1.165, 1.54) is 12.5 Å². The van der Waals surface area contributed by atoms with Crippen LogP contribution in [0.3, 0.4) is 0 Å². The van der Waals surface area contributed by atoms with Crippen molar-refractivity contribution in [1.29, 1.82) is 0 Å². The minimum absolute atomic E-state index is 0.0910. The van der Waals surface area contributed by atoms with Gasteiger partial charge in [-0.15, -0.1) is 0 Å². The number of rotatable bonds is 2. The summed E-state index contributed by atoms with van der Waals surface area (Å²) in [4.78, 5) is 23.4. The van der Waals surface area contributed by atoms with Crippen LogP contribution in [0.25, 0.3) is 0 Å². The van der Waals surface area contributed by atoms with Crippen molar-refractivity contribution >= 4 is 11.9 Å². The van der Waals surface area contributed by atoms with Crippen LogP contribution >= 0.6 is 0 Å². The third-order valence-electron chi connectivity index (χ3n) is 5.91. The van der Waals surface area contributed by atoms with Gasteiger partial charge in [-0.05, 0) is 25.8 Å². The molecule has 1 aliphatic heterocycles. The number of esters is 2. The summed E-state index contributed by atoms with van der Waals surface area (Å²) in [5, 5.41) is 0. The van der Waals surface area contributed by atoms with E-state index in [0.29, 0.717) is 5.57 Å². The molecular weight excluding hydrogens is 296 g/mol. The van der Waals surface area contributed by atoms with Crippen LogP contribution in [0.15, 0.2) is 22.8 Å². The first-order valence-electron chi connectivity index (χ1n) is 8.13. The van der Waals surface area contributed by atoms with Gasteiger partial charge in [-0.3, -0.25) is 4.79 Å². The van der Waals surface area contributed by atoms with Crippen molar-refractivity contribution < 1.29 is 23.8 Å². The van der Waals surface area contributed by atoms with E-state index in [9.17, 15) is 9.59 Å². The molecule has 0 bridgehead atoms. The van der Waals surface area contributed by atoms with Crippen molar-refractivity contribution in [2.45, 2.75) is 58.8 Å². The fraction of sp³-hybridized carbons (Fsp3) is 0.667. The van der Waals surface area contributed by atoms with Crippen molar-refractivity contribution in [2.75, 3.05) is 7.11 Å². The predicted octanol–water partition coefficient (Wildman–Crippen LogP) is 2.55. The second kappa shape index (κ2) is 5.48. The first-order chi connectivity index (χ1) is 10.8. The largest absolute Gasteiger partial charge is 0.462 e. The molecule has 5 nitrogen and oxygen atoms in total. The molecular formula is C18H24O5. The topological polar surface area (TPSA) is 61.8 Å². The highest BCUT2D eigenvalue weighted by atomic mass is 16.6. The summed E-state index contributed by atoms with van der Waals surface area (Å²) in [6.45, 7) is 7.48. The molecule has 126 valence electrons. The number of hydrogen-bond donors (Lipinski definition) is 0. The maximum absolute atomic E-state index is 12.0. The molecule has 0 aromatic carbocycles. The number of carbonyl (C=O) groups excluding carboxylic acids is 2. The number of hydrogen-bond acceptors (Lipinski definition) is 5. The Balaban J connectivity index is 2.06. The highest BCUT2D eigenvalue weighted by molar-refractivity contribution is 5.92. The normalized spacial score (nSPS) is 39.3. The van der Waals surface area contributed by atoms with Crippen molar-refractivity contribution in [3.05, 3.63) is 22.8 Å². The Morgan fingerprint density at radius 1 is 1.43 bits per heavy atom. The van der Waals surface area contributed by atoms with Crippen LogP contribution in [0.4, 0.5) is 0 Å². The van der Waals surface area contributed by atoms with Crippen molar-refractivity contribution in [3.63, 3.8) is 0 Å². The monoisotopic (exact) mass is 320 g/mol. The molecule has 0 aromatic rings. The SMILES string of the molecule is CO[C@@H]1C2=C(C)C(=O)O[C@@H]2C=C2CC[C@H](OC(C)=O)[C@H](C)[C@]21C. The molecule has 5 heteroatoms. The number of ether oxygens (including phenoxy) is 3. The van der Waals surface area contributed by atoms with Crippen LogP contribution in [0.5, 0.6) is 0 Å². The molecule has 0 saturated heterocycles. The lowest BCUT2D eigenvalue weighted by molar-refractivity contribution is -0.156. The van der Waals surface area contributed by atoms with Crippen LogP contribution in [0.1, 0.15) is 40.5 Å². The fourth-order valence-corrected chi connectivity index (χ4v) is 4.49. The second-order valence-corrected chi connectivity index (χ2v) is 6.97. The van der Waals surface area contributed by atoms with Crippen LogP contribution in [0, 0.1) is 11.3 Å². The van der Waals surface area contributed by atoms with Crippen LogP contribution in [-0.4, -0.2) is 37.4 Å². The molecule has 3 aliphatic rings. The molecule has 5 atom stereocenters. The minimum Gasteiger partial charge on any atom is -0.462 e. The number of carbonyl (C=O) groups is 2. The Bertz CT molecular complexity index is 617. The summed E-state index contributed by atoms with van der Waals surface area (Å²) in [5.74, 6) is -0.432. The van der Waals surface area contributed by atoms with Crippen molar-refractivity contribution in [1.82, 2.24) is 0 Å². The van der Waals surface area contributed by atoms with Gasteiger partial charge in [-0.1, -0.05) is 19.4 Å². The molecule has 1 heterocycles. The maximum Gasteiger partial charge on any atom is 0.334 e. The average molecular weight is 320 g/mol. The third-order valence-corrected chi connectivity index (χ3v) is 5.91. The van der Waals surface area contributed by atoms with Crippen LogP contribution in [0.2, 0.25) is 0 Å². The van der Waals surface area contributed by atoms with Crippen molar-refractivity contribution in [3.8, 4) is 0 Å². The summed E-state index contributed by atoms with van der Waals surface area (Å²) in [6, 6.07) is 0. The first-order valence-corrected chi connectivity index (χ1v) is 8.13.